The summed E-state index contributed by atoms with van der Waals surface area (Å²) in [5.74, 6) is -0.263. The third-order valence-electron chi connectivity index (χ3n) is 2.33. The Balaban J connectivity index is 1.99. The molecule has 6 nitrogen and oxygen atoms in total. The number of carbonyl (C=O) groups excluding carboxylic acids is 1. The van der Waals surface area contributed by atoms with Crippen LogP contribution in [0.1, 0.15) is 16.1 Å². The largest absolute Gasteiger partial charge is 0.398 e. The summed E-state index contributed by atoms with van der Waals surface area (Å²) in [6.45, 7) is 0.377. The standard InChI is InChI=1S/C11H13N5O/c1-16-7-10(14-15-16)11(17)13-6-8-4-2-3-5-9(8)12/h2-5,7H,6,12H2,1H3,(H,13,17). The van der Waals surface area contributed by atoms with Gasteiger partial charge in [0.15, 0.2) is 5.69 Å². The van der Waals surface area contributed by atoms with Crippen molar-refractivity contribution in [2.75, 3.05) is 5.73 Å². The smallest absolute Gasteiger partial charge is 0.273 e. The highest BCUT2D eigenvalue weighted by Crippen LogP contribution is 2.09. The van der Waals surface area contributed by atoms with Gasteiger partial charge in [0, 0.05) is 19.3 Å². The van der Waals surface area contributed by atoms with Crippen molar-refractivity contribution < 1.29 is 4.79 Å². The number of nitrogens with zero attached hydrogens (tertiary/aromatic N) is 3. The van der Waals surface area contributed by atoms with Gasteiger partial charge >= 0.3 is 0 Å². The van der Waals surface area contributed by atoms with Crippen LogP contribution >= 0.6 is 0 Å². The Morgan fingerprint density at radius 1 is 1.47 bits per heavy atom. The molecule has 0 spiro atoms. The van der Waals surface area contributed by atoms with Crippen molar-refractivity contribution >= 4 is 11.6 Å². The zero-order valence-corrected chi connectivity index (χ0v) is 9.42. The van der Waals surface area contributed by atoms with Crippen molar-refractivity contribution in [3.05, 3.63) is 41.7 Å². The maximum Gasteiger partial charge on any atom is 0.273 e. The van der Waals surface area contributed by atoms with E-state index in [0.717, 1.165) is 5.56 Å². The number of aryl methyl sites for hydroxylation is 1. The molecular weight excluding hydrogens is 218 g/mol. The highest BCUT2D eigenvalue weighted by Gasteiger charge is 2.09. The molecule has 0 aliphatic carbocycles. The summed E-state index contributed by atoms with van der Waals surface area (Å²) in [6, 6.07) is 7.39. The Morgan fingerprint density at radius 3 is 2.88 bits per heavy atom. The topological polar surface area (TPSA) is 85.8 Å². The van der Waals surface area contributed by atoms with E-state index in [4.69, 9.17) is 5.73 Å². The maximum atomic E-state index is 11.7. The van der Waals surface area contributed by atoms with Crippen LogP contribution in [-0.2, 0) is 13.6 Å². The van der Waals surface area contributed by atoms with Gasteiger partial charge in [0.2, 0.25) is 0 Å². The van der Waals surface area contributed by atoms with Gasteiger partial charge in [-0.15, -0.1) is 5.10 Å². The Hall–Kier alpha value is -2.37. The molecule has 88 valence electrons. The molecule has 2 aromatic rings. The van der Waals surface area contributed by atoms with E-state index in [0.29, 0.717) is 17.9 Å². The lowest BCUT2D eigenvalue weighted by Crippen LogP contribution is -2.23. The molecule has 0 fully saturated rings. The van der Waals surface area contributed by atoms with Crippen molar-refractivity contribution in [1.82, 2.24) is 20.3 Å². The number of anilines is 1. The normalized spacial score (nSPS) is 10.2. The van der Waals surface area contributed by atoms with Crippen molar-refractivity contribution in [3.8, 4) is 0 Å². The maximum absolute atomic E-state index is 11.7. The van der Waals surface area contributed by atoms with E-state index in [9.17, 15) is 4.79 Å². The van der Waals surface area contributed by atoms with Gasteiger partial charge in [-0.05, 0) is 11.6 Å². The molecule has 1 amide bonds. The molecule has 0 saturated carbocycles. The summed E-state index contributed by atoms with van der Waals surface area (Å²) in [7, 11) is 1.71. The second kappa shape index (κ2) is 4.65. The van der Waals surface area contributed by atoms with Gasteiger partial charge < -0.3 is 11.1 Å². The number of hydrogen-bond donors (Lipinski definition) is 2. The number of nitrogen functional groups attached to an aromatic ring is 1. The molecule has 0 aliphatic heterocycles. The van der Waals surface area contributed by atoms with Crippen molar-refractivity contribution in [2.24, 2.45) is 7.05 Å². The Labute approximate surface area is 98.4 Å². The van der Waals surface area contributed by atoms with Crippen LogP contribution in [0, 0.1) is 0 Å². The summed E-state index contributed by atoms with van der Waals surface area (Å²) < 4.78 is 1.48. The number of nitrogens with two attached hydrogens (primary N) is 1. The first-order chi connectivity index (χ1) is 8.16. The third kappa shape index (κ3) is 2.60. The number of carbonyl (C=O) groups is 1. The van der Waals surface area contributed by atoms with Crippen LogP contribution in [0.5, 0.6) is 0 Å². The third-order valence-corrected chi connectivity index (χ3v) is 2.33. The first-order valence-corrected chi connectivity index (χ1v) is 5.14. The number of hydrogen-bond acceptors (Lipinski definition) is 4. The van der Waals surface area contributed by atoms with E-state index in [2.05, 4.69) is 15.6 Å². The minimum Gasteiger partial charge on any atom is -0.398 e. The van der Waals surface area contributed by atoms with Crippen LogP contribution in [0.25, 0.3) is 0 Å². The molecule has 6 heteroatoms. The second-order valence-corrected chi connectivity index (χ2v) is 3.66. The van der Waals surface area contributed by atoms with Gasteiger partial charge in [-0.1, -0.05) is 23.4 Å². The number of nitrogens with one attached hydrogen (secondary N) is 1. The quantitative estimate of drug-likeness (QED) is 0.745. The van der Waals surface area contributed by atoms with Gasteiger partial charge in [0.05, 0.1) is 6.20 Å². The molecular formula is C11H13N5O. The zero-order chi connectivity index (χ0) is 12.3. The molecule has 17 heavy (non-hydrogen) atoms. The molecule has 0 bridgehead atoms. The molecule has 1 aromatic heterocycles. The summed E-state index contributed by atoms with van der Waals surface area (Å²) in [4.78, 5) is 11.7. The van der Waals surface area contributed by atoms with Crippen LogP contribution < -0.4 is 11.1 Å². The van der Waals surface area contributed by atoms with Gasteiger partial charge in [-0.2, -0.15) is 0 Å². The predicted octanol–water partition coefficient (Wildman–Crippen LogP) is 0.327. The van der Waals surface area contributed by atoms with E-state index in [1.165, 1.54) is 4.68 Å². The zero-order valence-electron chi connectivity index (χ0n) is 9.42. The van der Waals surface area contributed by atoms with Gasteiger partial charge in [-0.3, -0.25) is 9.48 Å². The molecule has 0 unspecified atom stereocenters. The summed E-state index contributed by atoms with van der Waals surface area (Å²) in [5, 5.41) is 10.1. The van der Waals surface area contributed by atoms with Crippen LogP contribution in [0.3, 0.4) is 0 Å². The van der Waals surface area contributed by atoms with Gasteiger partial charge in [0.25, 0.3) is 5.91 Å². The molecule has 0 radical (unpaired) electrons. The molecule has 1 heterocycles. The van der Waals surface area contributed by atoms with Gasteiger partial charge in [0.1, 0.15) is 0 Å². The number of benzene rings is 1. The lowest BCUT2D eigenvalue weighted by atomic mass is 10.2. The number of aromatic nitrogens is 3. The van der Waals surface area contributed by atoms with Crippen molar-refractivity contribution in [2.45, 2.75) is 6.54 Å². The highest BCUT2D eigenvalue weighted by atomic mass is 16.2. The average molecular weight is 231 g/mol. The lowest BCUT2D eigenvalue weighted by Gasteiger charge is -2.05. The fourth-order valence-electron chi connectivity index (χ4n) is 1.41. The number of para-hydroxylation sites is 1. The van der Waals surface area contributed by atoms with Crippen molar-refractivity contribution in [1.29, 1.82) is 0 Å². The van der Waals surface area contributed by atoms with E-state index in [1.54, 1.807) is 19.3 Å². The van der Waals surface area contributed by atoms with Crippen molar-refractivity contribution in [3.63, 3.8) is 0 Å². The monoisotopic (exact) mass is 231 g/mol. The van der Waals surface area contributed by atoms with E-state index < -0.39 is 0 Å². The fourth-order valence-corrected chi connectivity index (χ4v) is 1.41. The molecule has 0 aliphatic rings. The Bertz CT molecular complexity index is 534. The summed E-state index contributed by atoms with van der Waals surface area (Å²) in [6.07, 6.45) is 1.56. The number of amides is 1. The first kappa shape index (κ1) is 11.1. The Kier molecular flexibility index (Phi) is 3.04. The van der Waals surface area contributed by atoms with Crippen LogP contribution in [0.4, 0.5) is 5.69 Å². The SMILES string of the molecule is Cn1cc(C(=O)NCc2ccccc2N)nn1. The lowest BCUT2D eigenvalue weighted by molar-refractivity contribution is 0.0946. The molecule has 0 saturated heterocycles. The summed E-state index contributed by atoms with van der Waals surface area (Å²) >= 11 is 0. The van der Waals surface area contributed by atoms with Crippen LogP contribution in [-0.4, -0.2) is 20.9 Å². The fraction of sp³-hybridized carbons (Fsp3) is 0.182. The number of rotatable bonds is 3. The molecule has 1 aromatic carbocycles. The van der Waals surface area contributed by atoms with E-state index in [-0.39, 0.29) is 5.91 Å². The average Bonchev–Trinajstić information content (AvgIpc) is 2.74. The molecule has 0 atom stereocenters. The molecule has 3 N–H and O–H groups in total. The van der Waals surface area contributed by atoms with E-state index in [1.807, 2.05) is 18.2 Å². The Morgan fingerprint density at radius 2 is 2.24 bits per heavy atom. The highest BCUT2D eigenvalue weighted by molar-refractivity contribution is 5.91. The van der Waals surface area contributed by atoms with Crippen LogP contribution in [0.2, 0.25) is 0 Å². The summed E-state index contributed by atoms with van der Waals surface area (Å²) in [5.41, 5.74) is 7.60. The molecule has 2 rings (SSSR count). The minimum atomic E-state index is -0.263. The predicted molar refractivity (Wildman–Crippen MR) is 63.0 cm³/mol. The van der Waals surface area contributed by atoms with E-state index >= 15 is 0 Å². The van der Waals surface area contributed by atoms with Crippen LogP contribution in [0.15, 0.2) is 30.5 Å². The minimum absolute atomic E-state index is 0.263. The first-order valence-electron chi connectivity index (χ1n) is 5.14. The second-order valence-electron chi connectivity index (χ2n) is 3.66. The van der Waals surface area contributed by atoms with Gasteiger partial charge in [-0.25, -0.2) is 0 Å².